The average Bonchev–Trinajstić information content (AvgIpc) is 2.88. The van der Waals surface area contributed by atoms with Crippen molar-refractivity contribution in [2.45, 2.75) is 38.0 Å². The van der Waals surface area contributed by atoms with E-state index < -0.39 is 5.54 Å². The molecule has 1 spiro atoms. The Morgan fingerprint density at radius 1 is 1.00 bits per heavy atom. The second-order valence-electron chi connectivity index (χ2n) is 7.15. The predicted octanol–water partition coefficient (Wildman–Crippen LogP) is 3.00. The summed E-state index contributed by atoms with van der Waals surface area (Å²) in [6.07, 6.45) is 1.77. The lowest BCUT2D eigenvalue weighted by atomic mass is 9.85. The van der Waals surface area contributed by atoms with E-state index in [1.165, 1.54) is 5.56 Å². The molecule has 0 aliphatic carbocycles. The quantitative estimate of drug-likeness (QED) is 0.937. The highest BCUT2D eigenvalue weighted by atomic mass is 16.2. The van der Waals surface area contributed by atoms with Crippen LogP contribution in [0, 0.1) is 0 Å². The Morgan fingerprint density at radius 3 is 2.24 bits per heavy atom. The van der Waals surface area contributed by atoms with Gasteiger partial charge in [-0.3, -0.25) is 9.69 Å². The number of carbonyl (C=O) groups excluding carboxylic acids is 1. The lowest BCUT2D eigenvalue weighted by Gasteiger charge is -2.44. The van der Waals surface area contributed by atoms with Crippen LogP contribution in [0.3, 0.4) is 0 Å². The van der Waals surface area contributed by atoms with Crippen LogP contribution in [0.25, 0.3) is 0 Å². The topological polar surface area (TPSA) is 35.6 Å². The van der Waals surface area contributed by atoms with Gasteiger partial charge in [0.15, 0.2) is 0 Å². The van der Waals surface area contributed by atoms with E-state index in [0.717, 1.165) is 38.2 Å². The minimum absolute atomic E-state index is 0.0376. The minimum atomic E-state index is -0.409. The normalized spacial score (nSPS) is 23.0. The summed E-state index contributed by atoms with van der Waals surface area (Å²) in [6.45, 7) is 4.92. The first-order chi connectivity index (χ1) is 12.2. The second kappa shape index (κ2) is 6.52. The number of benzene rings is 2. The molecular weight excluding hydrogens is 310 g/mol. The van der Waals surface area contributed by atoms with Gasteiger partial charge in [-0.05, 0) is 37.5 Å². The van der Waals surface area contributed by atoms with E-state index in [2.05, 4.69) is 64.5 Å². The fourth-order valence-electron chi connectivity index (χ4n) is 4.32. The van der Waals surface area contributed by atoms with E-state index in [-0.39, 0.29) is 12.1 Å². The summed E-state index contributed by atoms with van der Waals surface area (Å²) < 4.78 is 0. The first-order valence-electron chi connectivity index (χ1n) is 9.11. The van der Waals surface area contributed by atoms with Gasteiger partial charge < -0.3 is 10.2 Å². The van der Waals surface area contributed by atoms with Gasteiger partial charge in [-0.2, -0.15) is 0 Å². The Morgan fingerprint density at radius 2 is 1.60 bits per heavy atom. The second-order valence-corrected chi connectivity index (χ2v) is 7.15. The fourth-order valence-corrected chi connectivity index (χ4v) is 4.32. The van der Waals surface area contributed by atoms with Crippen LogP contribution in [0.15, 0.2) is 60.7 Å². The van der Waals surface area contributed by atoms with Crippen molar-refractivity contribution in [3.8, 4) is 0 Å². The summed E-state index contributed by atoms with van der Waals surface area (Å²) in [6, 6.07) is 20.9. The van der Waals surface area contributed by atoms with Crippen molar-refractivity contribution < 1.29 is 4.79 Å². The molecular formula is C21H25N3O. The first-order valence-corrected chi connectivity index (χ1v) is 9.11. The molecule has 2 aliphatic heterocycles. The van der Waals surface area contributed by atoms with Crippen molar-refractivity contribution in [2.75, 3.05) is 18.0 Å². The number of piperidine rings is 1. The summed E-state index contributed by atoms with van der Waals surface area (Å²) in [7, 11) is 0. The molecule has 4 heteroatoms. The van der Waals surface area contributed by atoms with Crippen LogP contribution in [0.1, 0.15) is 25.3 Å². The van der Waals surface area contributed by atoms with E-state index in [4.69, 9.17) is 0 Å². The molecule has 2 heterocycles. The number of nitrogens with one attached hydrogen (secondary N) is 1. The highest BCUT2D eigenvalue weighted by molar-refractivity contribution is 5.94. The van der Waals surface area contributed by atoms with E-state index in [1.54, 1.807) is 0 Å². The van der Waals surface area contributed by atoms with Gasteiger partial charge in [0.2, 0.25) is 5.91 Å². The molecule has 2 aromatic rings. The van der Waals surface area contributed by atoms with Gasteiger partial charge in [0.05, 0.1) is 6.17 Å². The van der Waals surface area contributed by atoms with Gasteiger partial charge in [-0.15, -0.1) is 0 Å². The Labute approximate surface area is 149 Å². The van der Waals surface area contributed by atoms with E-state index >= 15 is 0 Å². The summed E-state index contributed by atoms with van der Waals surface area (Å²) >= 11 is 0. The van der Waals surface area contributed by atoms with E-state index in [1.807, 2.05) is 18.2 Å². The predicted molar refractivity (Wildman–Crippen MR) is 100 cm³/mol. The highest BCUT2D eigenvalue weighted by Gasteiger charge is 2.53. The third kappa shape index (κ3) is 2.91. The highest BCUT2D eigenvalue weighted by Crippen LogP contribution is 2.38. The molecule has 4 nitrogen and oxygen atoms in total. The number of hydrogen-bond donors (Lipinski definition) is 1. The smallest absolute Gasteiger partial charge is 0.247 e. The number of para-hydroxylation sites is 1. The zero-order valence-electron chi connectivity index (χ0n) is 14.7. The van der Waals surface area contributed by atoms with Crippen LogP contribution in [0.4, 0.5) is 5.69 Å². The van der Waals surface area contributed by atoms with Gasteiger partial charge in [0, 0.05) is 25.3 Å². The van der Waals surface area contributed by atoms with Gasteiger partial charge in [0.25, 0.3) is 0 Å². The van der Waals surface area contributed by atoms with Crippen molar-refractivity contribution >= 4 is 11.6 Å². The number of likely N-dealkylation sites (tertiary alicyclic amines) is 1. The molecule has 1 N–H and O–H groups in total. The van der Waals surface area contributed by atoms with Gasteiger partial charge in [-0.25, -0.2) is 0 Å². The van der Waals surface area contributed by atoms with Gasteiger partial charge in [0.1, 0.15) is 5.54 Å². The maximum atomic E-state index is 12.8. The molecule has 2 saturated heterocycles. The largest absolute Gasteiger partial charge is 0.337 e. The number of carbonyl (C=O) groups is 1. The number of nitrogens with zero attached hydrogens (tertiary/aromatic N) is 2. The summed E-state index contributed by atoms with van der Waals surface area (Å²) in [5.74, 6) is 0.184. The molecule has 0 saturated carbocycles. The van der Waals surface area contributed by atoms with Gasteiger partial charge >= 0.3 is 0 Å². The monoisotopic (exact) mass is 335 g/mol. The van der Waals surface area contributed by atoms with Gasteiger partial charge in [-0.1, -0.05) is 48.5 Å². The Balaban J connectivity index is 1.52. The summed E-state index contributed by atoms with van der Waals surface area (Å²) in [5.41, 5.74) is 2.06. The minimum Gasteiger partial charge on any atom is -0.337 e. The summed E-state index contributed by atoms with van der Waals surface area (Å²) in [5, 5.41) is 3.16. The van der Waals surface area contributed by atoms with Crippen molar-refractivity contribution in [3.63, 3.8) is 0 Å². The van der Waals surface area contributed by atoms with Crippen LogP contribution >= 0.6 is 0 Å². The average molecular weight is 335 g/mol. The molecule has 1 unspecified atom stereocenters. The van der Waals surface area contributed by atoms with Crippen LogP contribution < -0.4 is 10.2 Å². The standard InChI is InChI=1S/C21H25N3O/c1-17-22-20(25)21(24(17)19-10-6-3-7-11-19)12-14-23(15-13-21)16-18-8-4-2-5-9-18/h2-11,17H,12-16H2,1H3,(H,22,25). The van der Waals surface area contributed by atoms with E-state index in [9.17, 15) is 4.79 Å². The maximum absolute atomic E-state index is 12.8. The molecule has 1 amide bonds. The lowest BCUT2D eigenvalue weighted by Crippen LogP contribution is -2.57. The molecule has 2 aromatic carbocycles. The molecule has 130 valence electrons. The number of rotatable bonds is 3. The number of anilines is 1. The van der Waals surface area contributed by atoms with Crippen LogP contribution in [-0.4, -0.2) is 35.6 Å². The first kappa shape index (κ1) is 16.2. The lowest BCUT2D eigenvalue weighted by molar-refractivity contribution is -0.125. The zero-order chi connectivity index (χ0) is 17.3. The molecule has 0 aromatic heterocycles. The van der Waals surface area contributed by atoms with Crippen LogP contribution in [0.2, 0.25) is 0 Å². The molecule has 1 atom stereocenters. The summed E-state index contributed by atoms with van der Waals surface area (Å²) in [4.78, 5) is 17.6. The fraction of sp³-hybridized carbons (Fsp3) is 0.381. The molecule has 2 fully saturated rings. The molecule has 25 heavy (non-hydrogen) atoms. The third-order valence-electron chi connectivity index (χ3n) is 5.58. The maximum Gasteiger partial charge on any atom is 0.247 e. The Kier molecular flexibility index (Phi) is 4.22. The molecule has 0 bridgehead atoms. The van der Waals surface area contributed by atoms with Crippen molar-refractivity contribution in [2.24, 2.45) is 0 Å². The SMILES string of the molecule is CC1NC(=O)C2(CCN(Cc3ccccc3)CC2)N1c1ccccc1. The van der Waals surface area contributed by atoms with Crippen LogP contribution in [0.5, 0.6) is 0 Å². The third-order valence-corrected chi connectivity index (χ3v) is 5.58. The number of amides is 1. The molecule has 4 rings (SSSR count). The Bertz CT molecular complexity index is 723. The number of hydrogen-bond acceptors (Lipinski definition) is 3. The van der Waals surface area contributed by atoms with Crippen molar-refractivity contribution in [3.05, 3.63) is 66.2 Å². The van der Waals surface area contributed by atoms with E-state index in [0.29, 0.717) is 0 Å². The van der Waals surface area contributed by atoms with Crippen molar-refractivity contribution in [1.82, 2.24) is 10.2 Å². The van der Waals surface area contributed by atoms with Crippen molar-refractivity contribution in [1.29, 1.82) is 0 Å². The molecule has 0 radical (unpaired) electrons. The molecule has 2 aliphatic rings. The Hall–Kier alpha value is -2.33. The zero-order valence-corrected chi connectivity index (χ0v) is 14.7. The van der Waals surface area contributed by atoms with Crippen LogP contribution in [-0.2, 0) is 11.3 Å².